The minimum atomic E-state index is -0.298. The first kappa shape index (κ1) is 21.8. The fourth-order valence-electron chi connectivity index (χ4n) is 3.78. The first-order chi connectivity index (χ1) is 15.6. The van der Waals surface area contributed by atoms with Crippen molar-refractivity contribution in [2.24, 2.45) is 0 Å². The van der Waals surface area contributed by atoms with Crippen LogP contribution in [0.15, 0.2) is 53.1 Å². The number of halogens is 1. The molecule has 32 heavy (non-hydrogen) atoms. The third-order valence-electron chi connectivity index (χ3n) is 5.47. The maximum Gasteiger partial charge on any atom is 0.318 e. The van der Waals surface area contributed by atoms with E-state index in [0.29, 0.717) is 37.8 Å². The summed E-state index contributed by atoms with van der Waals surface area (Å²) in [7, 11) is 0. The molecule has 2 aromatic carbocycles. The fraction of sp³-hybridized carbons (Fsp3) is 0.375. The van der Waals surface area contributed by atoms with Crippen LogP contribution in [0.5, 0.6) is 5.75 Å². The molecule has 1 saturated heterocycles. The van der Waals surface area contributed by atoms with E-state index in [0.717, 1.165) is 36.1 Å². The van der Waals surface area contributed by atoms with Gasteiger partial charge in [0.2, 0.25) is 5.89 Å². The van der Waals surface area contributed by atoms with Crippen LogP contribution >= 0.6 is 0 Å². The Labute approximate surface area is 186 Å². The number of nitrogens with one attached hydrogen (secondary N) is 1. The summed E-state index contributed by atoms with van der Waals surface area (Å²) in [4.78, 5) is 19.1. The summed E-state index contributed by atoms with van der Waals surface area (Å²) in [5.74, 6) is 1.52. The van der Waals surface area contributed by atoms with Crippen LogP contribution in [-0.4, -0.2) is 34.2 Å². The minimum Gasteiger partial charge on any atom is -0.493 e. The Hall–Kier alpha value is -3.42. The van der Waals surface area contributed by atoms with Crippen LogP contribution in [0.25, 0.3) is 0 Å². The quantitative estimate of drug-likeness (QED) is 0.584. The second kappa shape index (κ2) is 10.3. The van der Waals surface area contributed by atoms with Crippen molar-refractivity contribution < 1.29 is 18.4 Å². The molecule has 4 rings (SSSR count). The number of amides is 2. The number of aryl methyl sites for hydroxylation is 1. The third kappa shape index (κ3) is 5.63. The average molecular weight is 439 g/mol. The molecule has 0 radical (unpaired) electrons. The van der Waals surface area contributed by atoms with Gasteiger partial charge >= 0.3 is 6.03 Å². The molecule has 8 heteroatoms. The molecule has 1 aromatic heterocycles. The van der Waals surface area contributed by atoms with Crippen LogP contribution in [0.2, 0.25) is 0 Å². The molecule has 0 saturated carbocycles. The van der Waals surface area contributed by atoms with Crippen molar-refractivity contribution in [2.75, 3.05) is 13.2 Å². The van der Waals surface area contributed by atoms with E-state index in [4.69, 9.17) is 9.26 Å². The van der Waals surface area contributed by atoms with E-state index in [1.165, 1.54) is 12.1 Å². The smallest absolute Gasteiger partial charge is 0.318 e. The maximum absolute atomic E-state index is 13.1. The molecule has 2 heterocycles. The molecule has 0 spiro atoms. The average Bonchev–Trinajstić information content (AvgIpc) is 3.27. The highest BCUT2D eigenvalue weighted by atomic mass is 19.1. The molecule has 1 N–H and O–H groups in total. The first-order valence-corrected chi connectivity index (χ1v) is 10.9. The zero-order chi connectivity index (χ0) is 22.3. The van der Waals surface area contributed by atoms with Crippen molar-refractivity contribution in [1.29, 1.82) is 0 Å². The summed E-state index contributed by atoms with van der Waals surface area (Å²) in [5, 5.41) is 6.98. The molecule has 1 aliphatic heterocycles. The van der Waals surface area contributed by atoms with E-state index in [1.54, 1.807) is 17.0 Å². The number of urea groups is 1. The molecule has 168 valence electrons. The van der Waals surface area contributed by atoms with E-state index < -0.39 is 0 Å². The number of carbonyl (C=O) groups is 1. The molecule has 1 fully saturated rings. The molecular weight excluding hydrogens is 411 g/mol. The molecule has 7 nitrogen and oxygen atoms in total. The van der Waals surface area contributed by atoms with Crippen molar-refractivity contribution in [1.82, 2.24) is 20.4 Å². The Morgan fingerprint density at radius 2 is 2.09 bits per heavy atom. The number of likely N-dealkylation sites (tertiary alicyclic amines) is 1. The lowest BCUT2D eigenvalue weighted by Crippen LogP contribution is -2.44. The summed E-state index contributed by atoms with van der Waals surface area (Å²) < 4.78 is 24.3. The Kier molecular flexibility index (Phi) is 6.99. The van der Waals surface area contributed by atoms with Crippen LogP contribution in [0.3, 0.4) is 0 Å². The maximum atomic E-state index is 13.1. The van der Waals surface area contributed by atoms with Gasteiger partial charge in [-0.1, -0.05) is 29.4 Å². The van der Waals surface area contributed by atoms with E-state index in [9.17, 15) is 9.18 Å². The van der Waals surface area contributed by atoms with E-state index >= 15 is 0 Å². The largest absolute Gasteiger partial charge is 0.493 e. The molecule has 2 amide bonds. The van der Waals surface area contributed by atoms with E-state index in [1.807, 2.05) is 31.2 Å². The number of benzene rings is 2. The molecule has 1 aliphatic rings. The predicted molar refractivity (Wildman–Crippen MR) is 117 cm³/mol. The number of piperidine rings is 1. The van der Waals surface area contributed by atoms with Gasteiger partial charge in [-0.3, -0.25) is 0 Å². The number of ether oxygens (including phenoxy) is 1. The zero-order valence-electron chi connectivity index (χ0n) is 18.1. The fourth-order valence-corrected chi connectivity index (χ4v) is 3.78. The van der Waals surface area contributed by atoms with Gasteiger partial charge in [0.15, 0.2) is 5.82 Å². The topological polar surface area (TPSA) is 80.5 Å². The lowest BCUT2D eigenvalue weighted by molar-refractivity contribution is 0.131. The lowest BCUT2D eigenvalue weighted by Gasteiger charge is -2.33. The van der Waals surface area contributed by atoms with E-state index in [2.05, 4.69) is 15.5 Å². The van der Waals surface area contributed by atoms with Crippen LogP contribution in [-0.2, 0) is 13.0 Å². The van der Waals surface area contributed by atoms with Gasteiger partial charge in [0, 0.05) is 19.5 Å². The van der Waals surface area contributed by atoms with Crippen molar-refractivity contribution in [3.05, 3.63) is 77.2 Å². The summed E-state index contributed by atoms with van der Waals surface area (Å²) in [6.07, 6.45) is 3.19. The predicted octanol–water partition coefficient (Wildman–Crippen LogP) is 4.58. The van der Waals surface area contributed by atoms with Gasteiger partial charge in [-0.15, -0.1) is 0 Å². The monoisotopic (exact) mass is 438 g/mol. The number of rotatable bonds is 7. The summed E-state index contributed by atoms with van der Waals surface area (Å²) in [5.41, 5.74) is 1.97. The standard InChI is InChI=1S/C24H27FN4O3/c1-17-5-4-6-20(15-17)31-14-12-22-27-23(32-28-22)21-7-2-3-13-29(21)24(30)26-16-18-8-10-19(25)11-9-18/h4-6,8-11,15,21H,2-3,7,12-14,16H2,1H3,(H,26,30). The first-order valence-electron chi connectivity index (χ1n) is 10.9. The van der Waals surface area contributed by atoms with Gasteiger partial charge < -0.3 is 19.5 Å². The number of aromatic nitrogens is 2. The van der Waals surface area contributed by atoms with E-state index in [-0.39, 0.29) is 17.9 Å². The SMILES string of the molecule is Cc1cccc(OCCc2noc(C3CCCCN3C(=O)NCc3ccc(F)cc3)n2)c1. The Bertz CT molecular complexity index is 1040. The van der Waals surface area contributed by atoms with Gasteiger partial charge in [0.1, 0.15) is 17.6 Å². The molecule has 0 bridgehead atoms. The Morgan fingerprint density at radius 1 is 1.25 bits per heavy atom. The summed E-state index contributed by atoms with van der Waals surface area (Å²) >= 11 is 0. The molecular formula is C24H27FN4O3. The molecule has 3 aromatic rings. The van der Waals surface area contributed by atoms with Gasteiger partial charge in [0.25, 0.3) is 0 Å². The molecule has 1 unspecified atom stereocenters. The third-order valence-corrected chi connectivity index (χ3v) is 5.47. The Morgan fingerprint density at radius 3 is 2.91 bits per heavy atom. The van der Waals surface area contributed by atoms with Gasteiger partial charge in [-0.25, -0.2) is 9.18 Å². The lowest BCUT2D eigenvalue weighted by atomic mass is 10.0. The highest BCUT2D eigenvalue weighted by Gasteiger charge is 2.32. The van der Waals surface area contributed by atoms with Gasteiger partial charge in [0.05, 0.1) is 6.61 Å². The number of hydrogen-bond donors (Lipinski definition) is 1. The van der Waals surface area contributed by atoms with Crippen molar-refractivity contribution in [3.8, 4) is 5.75 Å². The van der Waals surface area contributed by atoms with Crippen molar-refractivity contribution >= 4 is 6.03 Å². The Balaban J connectivity index is 1.33. The van der Waals surface area contributed by atoms with Crippen molar-refractivity contribution in [3.63, 3.8) is 0 Å². The zero-order valence-corrected chi connectivity index (χ0v) is 18.1. The number of nitrogens with zero attached hydrogens (tertiary/aromatic N) is 3. The second-order valence-corrected chi connectivity index (χ2v) is 7.95. The van der Waals surface area contributed by atoms with Crippen LogP contribution < -0.4 is 10.1 Å². The highest BCUT2D eigenvalue weighted by molar-refractivity contribution is 5.74. The molecule has 0 aliphatic carbocycles. The minimum absolute atomic E-state index is 0.193. The summed E-state index contributed by atoms with van der Waals surface area (Å²) in [6.45, 7) is 3.40. The van der Waals surface area contributed by atoms with Crippen molar-refractivity contribution in [2.45, 2.75) is 45.2 Å². The molecule has 1 atom stereocenters. The number of carbonyl (C=O) groups excluding carboxylic acids is 1. The van der Waals surface area contributed by atoms with Gasteiger partial charge in [-0.2, -0.15) is 4.98 Å². The summed E-state index contributed by atoms with van der Waals surface area (Å²) in [6, 6.07) is 13.5. The normalized spacial score (nSPS) is 16.1. The van der Waals surface area contributed by atoms with Crippen LogP contribution in [0.1, 0.15) is 48.1 Å². The number of hydrogen-bond acceptors (Lipinski definition) is 5. The van der Waals surface area contributed by atoms with Gasteiger partial charge in [-0.05, 0) is 61.6 Å². The highest BCUT2D eigenvalue weighted by Crippen LogP contribution is 2.30. The second-order valence-electron chi connectivity index (χ2n) is 7.95. The van der Waals surface area contributed by atoms with Crippen LogP contribution in [0, 0.1) is 12.7 Å². The van der Waals surface area contributed by atoms with Crippen LogP contribution in [0.4, 0.5) is 9.18 Å².